The summed E-state index contributed by atoms with van der Waals surface area (Å²) in [4.78, 5) is 22.6. The van der Waals surface area contributed by atoms with Crippen LogP contribution in [0.25, 0.3) is 0 Å². The predicted octanol–water partition coefficient (Wildman–Crippen LogP) is 1.00. The quantitative estimate of drug-likeness (QED) is 0.584. The van der Waals surface area contributed by atoms with Gasteiger partial charge >= 0.3 is 11.7 Å². The molecule has 106 valence electrons. The zero-order chi connectivity index (χ0) is 15.1. The number of aliphatic carboxylic acids is 1. The summed E-state index contributed by atoms with van der Waals surface area (Å²) < 4.78 is 4.86. The number of carboxylic acid groups (broad SMARTS) is 1. The van der Waals surface area contributed by atoms with Gasteiger partial charge in [0.2, 0.25) is 0 Å². The number of para-hydroxylation sites is 1. The summed E-state index contributed by atoms with van der Waals surface area (Å²) in [7, 11) is 1.44. The maximum absolute atomic E-state index is 11.1. The van der Waals surface area contributed by atoms with Crippen molar-refractivity contribution in [1.82, 2.24) is 0 Å². The van der Waals surface area contributed by atoms with Gasteiger partial charge in [-0.05, 0) is 12.1 Å². The Bertz CT molecular complexity index is 553. The Balaban J connectivity index is 3.28. The molecule has 0 saturated heterocycles. The molecule has 0 aromatic heterocycles. The maximum atomic E-state index is 11.1. The first kappa shape index (κ1) is 15.4. The van der Waals surface area contributed by atoms with E-state index in [0.29, 0.717) is 0 Å². The average Bonchev–Trinajstić information content (AvgIpc) is 2.41. The monoisotopic (exact) mass is 279 g/mol. The lowest BCUT2D eigenvalue weighted by Gasteiger charge is -2.22. The molecule has 8 heteroatoms. The number of anilines is 1. The molecule has 0 saturated carbocycles. The van der Waals surface area contributed by atoms with Crippen LogP contribution < -0.4 is 4.90 Å². The molecule has 20 heavy (non-hydrogen) atoms. The third-order valence-electron chi connectivity index (χ3n) is 2.55. The molecular weight excluding hydrogens is 266 g/mol. The second kappa shape index (κ2) is 7.06. The highest BCUT2D eigenvalue weighted by atomic mass is 16.6. The number of carbonyl (C=O) groups is 1. The molecule has 1 aromatic rings. The fourth-order valence-corrected chi connectivity index (χ4v) is 1.72. The molecule has 1 aromatic carbocycles. The molecule has 0 aliphatic heterocycles. The highest BCUT2D eigenvalue weighted by molar-refractivity contribution is 5.77. The van der Waals surface area contributed by atoms with Crippen molar-refractivity contribution in [3.8, 4) is 6.07 Å². The van der Waals surface area contributed by atoms with Gasteiger partial charge in [-0.3, -0.25) is 14.9 Å². The van der Waals surface area contributed by atoms with Crippen molar-refractivity contribution in [2.45, 2.75) is 0 Å². The first-order chi connectivity index (χ1) is 9.51. The fraction of sp³-hybridized carbons (Fsp3) is 0.333. The van der Waals surface area contributed by atoms with E-state index in [9.17, 15) is 14.9 Å². The summed E-state index contributed by atoms with van der Waals surface area (Å²) in [5, 5.41) is 28.9. The van der Waals surface area contributed by atoms with E-state index < -0.39 is 23.1 Å². The van der Waals surface area contributed by atoms with Crippen molar-refractivity contribution in [3.63, 3.8) is 0 Å². The van der Waals surface area contributed by atoms with Crippen LogP contribution in [0.3, 0.4) is 0 Å². The summed E-state index contributed by atoms with van der Waals surface area (Å²) in [6.45, 7) is -0.0428. The van der Waals surface area contributed by atoms with E-state index in [4.69, 9.17) is 15.1 Å². The largest absolute Gasteiger partial charge is 0.480 e. The van der Waals surface area contributed by atoms with Crippen LogP contribution in [0.4, 0.5) is 11.4 Å². The second-order valence-electron chi connectivity index (χ2n) is 3.85. The molecule has 0 aliphatic rings. The van der Waals surface area contributed by atoms with Crippen molar-refractivity contribution in [2.24, 2.45) is 0 Å². The van der Waals surface area contributed by atoms with Crippen LogP contribution in [0, 0.1) is 21.4 Å². The minimum Gasteiger partial charge on any atom is -0.480 e. The summed E-state index contributed by atoms with van der Waals surface area (Å²) in [6, 6.07) is 5.94. The van der Waals surface area contributed by atoms with Crippen molar-refractivity contribution in [1.29, 1.82) is 5.26 Å². The Morgan fingerprint density at radius 2 is 2.30 bits per heavy atom. The lowest BCUT2D eigenvalue weighted by atomic mass is 10.1. The summed E-state index contributed by atoms with van der Waals surface area (Å²) >= 11 is 0. The van der Waals surface area contributed by atoms with E-state index in [2.05, 4.69) is 0 Å². The molecule has 0 amide bonds. The first-order valence-electron chi connectivity index (χ1n) is 5.64. The normalized spacial score (nSPS) is 9.80. The van der Waals surface area contributed by atoms with Gasteiger partial charge in [-0.1, -0.05) is 6.07 Å². The lowest BCUT2D eigenvalue weighted by molar-refractivity contribution is -0.384. The van der Waals surface area contributed by atoms with Gasteiger partial charge in [0, 0.05) is 13.7 Å². The predicted molar refractivity (Wildman–Crippen MR) is 69.5 cm³/mol. The van der Waals surface area contributed by atoms with Gasteiger partial charge in [0.05, 0.1) is 11.5 Å². The number of nitriles is 1. The number of methoxy groups -OCH3 is 1. The van der Waals surface area contributed by atoms with Crippen LogP contribution >= 0.6 is 0 Å². The van der Waals surface area contributed by atoms with Crippen LogP contribution in [-0.4, -0.2) is 42.8 Å². The van der Waals surface area contributed by atoms with Gasteiger partial charge in [-0.15, -0.1) is 0 Å². The minimum absolute atomic E-state index is 0.0912. The molecule has 0 aliphatic carbocycles. The molecule has 0 unspecified atom stereocenters. The number of hydrogen-bond donors (Lipinski definition) is 1. The van der Waals surface area contributed by atoms with Gasteiger partial charge in [0.15, 0.2) is 0 Å². The number of rotatable bonds is 7. The van der Waals surface area contributed by atoms with Crippen LogP contribution in [0.1, 0.15) is 5.56 Å². The minimum atomic E-state index is -1.13. The number of hydrogen-bond acceptors (Lipinski definition) is 6. The molecule has 0 radical (unpaired) electrons. The number of benzene rings is 1. The Kier molecular flexibility index (Phi) is 5.43. The third-order valence-corrected chi connectivity index (χ3v) is 2.55. The van der Waals surface area contributed by atoms with Gasteiger partial charge < -0.3 is 14.7 Å². The first-order valence-corrected chi connectivity index (χ1v) is 5.64. The average molecular weight is 279 g/mol. The van der Waals surface area contributed by atoms with Gasteiger partial charge in [-0.2, -0.15) is 5.26 Å². The molecule has 0 heterocycles. The van der Waals surface area contributed by atoms with Crippen LogP contribution in [0.15, 0.2) is 18.2 Å². The van der Waals surface area contributed by atoms with Crippen LogP contribution in [0.2, 0.25) is 0 Å². The Labute approximate surface area is 114 Å². The fourth-order valence-electron chi connectivity index (χ4n) is 1.72. The third kappa shape index (κ3) is 3.66. The van der Waals surface area contributed by atoms with Crippen molar-refractivity contribution in [2.75, 3.05) is 31.7 Å². The Morgan fingerprint density at radius 1 is 1.60 bits per heavy atom. The van der Waals surface area contributed by atoms with E-state index >= 15 is 0 Å². The molecule has 1 N–H and O–H groups in total. The van der Waals surface area contributed by atoms with Gasteiger partial charge in [0.25, 0.3) is 0 Å². The number of nitro benzene ring substituents is 1. The lowest BCUT2D eigenvalue weighted by Crippen LogP contribution is -2.33. The number of ether oxygens (including phenoxy) is 1. The molecule has 1 rings (SSSR count). The number of nitro groups is 1. The zero-order valence-electron chi connectivity index (χ0n) is 10.8. The topological polar surface area (TPSA) is 117 Å². The zero-order valence-corrected chi connectivity index (χ0v) is 10.8. The van der Waals surface area contributed by atoms with E-state index in [0.717, 1.165) is 0 Å². The van der Waals surface area contributed by atoms with Crippen molar-refractivity contribution < 1.29 is 19.6 Å². The van der Waals surface area contributed by atoms with Crippen molar-refractivity contribution in [3.05, 3.63) is 33.9 Å². The standard InChI is InChI=1S/C12H13N3O5/c1-20-6-5-14(8-11(16)17)10-4-2-3-9(7-13)12(10)15(18)19/h2-4H,5-6,8H2,1H3,(H,16,17). The number of nitrogens with zero attached hydrogens (tertiary/aromatic N) is 3. The van der Waals surface area contributed by atoms with Crippen LogP contribution in [-0.2, 0) is 9.53 Å². The van der Waals surface area contributed by atoms with Crippen LogP contribution in [0.5, 0.6) is 0 Å². The number of carboxylic acids is 1. The van der Waals surface area contributed by atoms with E-state index in [1.165, 1.54) is 30.2 Å². The second-order valence-corrected chi connectivity index (χ2v) is 3.85. The smallest absolute Gasteiger partial charge is 0.323 e. The highest BCUT2D eigenvalue weighted by Gasteiger charge is 2.24. The van der Waals surface area contributed by atoms with E-state index in [1.54, 1.807) is 6.07 Å². The Morgan fingerprint density at radius 3 is 2.80 bits per heavy atom. The molecule has 8 nitrogen and oxygen atoms in total. The SMILES string of the molecule is COCCN(CC(=O)O)c1cccc(C#N)c1[N+](=O)[O-]. The summed E-state index contributed by atoms with van der Waals surface area (Å²) in [5.41, 5.74) is -0.416. The van der Waals surface area contributed by atoms with E-state index in [-0.39, 0.29) is 24.4 Å². The van der Waals surface area contributed by atoms with E-state index in [1.807, 2.05) is 0 Å². The van der Waals surface area contributed by atoms with Gasteiger partial charge in [-0.25, -0.2) is 0 Å². The summed E-state index contributed by atoms with van der Waals surface area (Å²) in [6.07, 6.45) is 0. The molecule has 0 atom stereocenters. The van der Waals surface area contributed by atoms with Gasteiger partial charge in [0.1, 0.15) is 23.9 Å². The Hall–Kier alpha value is -2.66. The molecular formula is C12H13N3O5. The molecule has 0 fully saturated rings. The van der Waals surface area contributed by atoms with Crippen molar-refractivity contribution >= 4 is 17.3 Å². The highest BCUT2D eigenvalue weighted by Crippen LogP contribution is 2.31. The molecule has 0 bridgehead atoms. The molecule has 0 spiro atoms. The maximum Gasteiger partial charge on any atom is 0.323 e. The summed E-state index contributed by atoms with van der Waals surface area (Å²) in [5.74, 6) is -1.13.